The summed E-state index contributed by atoms with van der Waals surface area (Å²) in [6.45, 7) is 1.82. The minimum absolute atomic E-state index is 0.0169. The number of aliphatic carboxylic acids is 1. The summed E-state index contributed by atoms with van der Waals surface area (Å²) in [5.74, 6) is -1.66. The van der Waals surface area contributed by atoms with Gasteiger partial charge in [-0.1, -0.05) is 61.9 Å². The fraction of sp³-hybridized carbons (Fsp3) is 0.375. The van der Waals surface area contributed by atoms with Gasteiger partial charge in [0.1, 0.15) is 6.61 Å². The molecule has 0 radical (unpaired) electrons. The van der Waals surface area contributed by atoms with E-state index in [0.29, 0.717) is 6.42 Å². The maximum atomic E-state index is 12.3. The molecule has 3 rings (SSSR count). The van der Waals surface area contributed by atoms with E-state index in [4.69, 9.17) is 14.7 Å². The Morgan fingerprint density at radius 1 is 1.06 bits per heavy atom. The van der Waals surface area contributed by atoms with Gasteiger partial charge in [-0.25, -0.2) is 14.7 Å². The monoisotopic (exact) mass is 440 g/mol. The van der Waals surface area contributed by atoms with Crippen molar-refractivity contribution in [3.8, 4) is 11.1 Å². The van der Waals surface area contributed by atoms with E-state index in [9.17, 15) is 14.4 Å². The summed E-state index contributed by atoms with van der Waals surface area (Å²) in [6, 6.07) is 16.2. The summed E-state index contributed by atoms with van der Waals surface area (Å²) in [5, 5.41) is 12.3. The van der Waals surface area contributed by atoms with Crippen molar-refractivity contribution in [2.24, 2.45) is 5.92 Å². The van der Waals surface area contributed by atoms with E-state index >= 15 is 0 Å². The van der Waals surface area contributed by atoms with Crippen molar-refractivity contribution in [1.82, 2.24) is 10.4 Å². The first-order valence-electron chi connectivity index (χ1n) is 10.6. The molecule has 170 valence electrons. The van der Waals surface area contributed by atoms with E-state index < -0.39 is 18.7 Å². The van der Waals surface area contributed by atoms with Crippen LogP contribution in [0.5, 0.6) is 0 Å². The van der Waals surface area contributed by atoms with Gasteiger partial charge in [-0.2, -0.15) is 0 Å². The average Bonchev–Trinajstić information content (AvgIpc) is 3.12. The molecule has 0 saturated carbocycles. The molecule has 8 nitrogen and oxygen atoms in total. The molecular weight excluding hydrogens is 412 g/mol. The molecule has 1 atom stereocenters. The first-order valence-corrected chi connectivity index (χ1v) is 10.6. The fourth-order valence-electron chi connectivity index (χ4n) is 3.84. The van der Waals surface area contributed by atoms with Crippen LogP contribution in [0.4, 0.5) is 4.79 Å². The minimum atomic E-state index is -1.16. The maximum absolute atomic E-state index is 12.3. The zero-order chi connectivity index (χ0) is 23.1. The van der Waals surface area contributed by atoms with Crippen molar-refractivity contribution in [2.75, 3.05) is 26.8 Å². The zero-order valence-corrected chi connectivity index (χ0v) is 18.2. The van der Waals surface area contributed by atoms with Gasteiger partial charge in [0.2, 0.25) is 5.91 Å². The number of hydroxylamine groups is 2. The molecule has 0 saturated heterocycles. The molecule has 2 aromatic rings. The van der Waals surface area contributed by atoms with E-state index in [0.717, 1.165) is 27.3 Å². The van der Waals surface area contributed by atoms with Crippen LogP contribution < -0.4 is 5.32 Å². The van der Waals surface area contributed by atoms with Crippen LogP contribution in [0.1, 0.15) is 36.8 Å². The lowest BCUT2D eigenvalue weighted by molar-refractivity contribution is -0.186. The number of fused-ring (bicyclic) bond motifs is 3. The highest BCUT2D eigenvalue weighted by molar-refractivity contribution is 5.79. The van der Waals surface area contributed by atoms with Gasteiger partial charge in [0, 0.05) is 25.9 Å². The number of carbonyl (C=O) groups is 3. The molecule has 0 spiro atoms. The van der Waals surface area contributed by atoms with E-state index in [1.165, 1.54) is 7.05 Å². The summed E-state index contributed by atoms with van der Waals surface area (Å²) in [5.41, 5.74) is 4.61. The summed E-state index contributed by atoms with van der Waals surface area (Å²) in [4.78, 5) is 39.9. The van der Waals surface area contributed by atoms with E-state index in [-0.39, 0.29) is 37.3 Å². The van der Waals surface area contributed by atoms with Crippen LogP contribution in [0.25, 0.3) is 11.1 Å². The Morgan fingerprint density at radius 2 is 1.66 bits per heavy atom. The third-order valence-electron chi connectivity index (χ3n) is 5.65. The number of alkyl carbamates (subject to hydrolysis) is 1. The Balaban J connectivity index is 1.50. The Hall–Kier alpha value is -3.39. The third kappa shape index (κ3) is 5.64. The predicted octanol–water partition coefficient (Wildman–Crippen LogP) is 3.42. The van der Waals surface area contributed by atoms with Gasteiger partial charge in [0.15, 0.2) is 6.61 Å². The number of amides is 2. The summed E-state index contributed by atoms with van der Waals surface area (Å²) in [6.07, 6.45) is 0.242. The van der Waals surface area contributed by atoms with Crippen molar-refractivity contribution in [3.63, 3.8) is 0 Å². The van der Waals surface area contributed by atoms with Crippen LogP contribution in [-0.2, 0) is 19.2 Å². The zero-order valence-electron chi connectivity index (χ0n) is 18.2. The molecule has 1 aliphatic rings. The van der Waals surface area contributed by atoms with Gasteiger partial charge in [0.25, 0.3) is 0 Å². The van der Waals surface area contributed by atoms with Crippen molar-refractivity contribution in [1.29, 1.82) is 0 Å². The van der Waals surface area contributed by atoms with Crippen molar-refractivity contribution >= 4 is 18.0 Å². The number of rotatable bonds is 10. The molecule has 0 heterocycles. The largest absolute Gasteiger partial charge is 0.479 e. The second-order valence-electron chi connectivity index (χ2n) is 7.74. The number of carboxylic acids is 1. The number of carbonyl (C=O) groups excluding carboxylic acids is 2. The topological polar surface area (TPSA) is 105 Å². The quantitative estimate of drug-likeness (QED) is 0.549. The van der Waals surface area contributed by atoms with Gasteiger partial charge >= 0.3 is 12.1 Å². The Morgan fingerprint density at radius 3 is 2.22 bits per heavy atom. The number of nitrogens with zero attached hydrogens (tertiary/aromatic N) is 1. The second kappa shape index (κ2) is 10.8. The molecule has 32 heavy (non-hydrogen) atoms. The summed E-state index contributed by atoms with van der Waals surface area (Å²) < 4.78 is 5.52. The van der Waals surface area contributed by atoms with E-state index in [1.807, 2.05) is 31.2 Å². The molecule has 8 heteroatoms. The first kappa shape index (κ1) is 23.3. The highest BCUT2D eigenvalue weighted by Crippen LogP contribution is 2.44. The van der Waals surface area contributed by atoms with Crippen LogP contribution in [-0.4, -0.2) is 54.9 Å². The maximum Gasteiger partial charge on any atom is 0.407 e. The average molecular weight is 440 g/mol. The van der Waals surface area contributed by atoms with Gasteiger partial charge in [-0.05, 0) is 28.2 Å². The standard InChI is InChI=1S/C24H28N2O6/c1-3-16(12-22(27)26(2)32-15-23(28)29)13-25-24(30)31-14-21-19-10-6-4-8-17(19)18-9-5-7-11-20(18)21/h4-11,16,21H,3,12-15H2,1-2H3,(H,25,30)(H,28,29). The molecular formula is C24H28N2O6. The number of hydrogen-bond donors (Lipinski definition) is 2. The van der Waals surface area contributed by atoms with Gasteiger partial charge < -0.3 is 15.2 Å². The molecule has 1 aliphatic carbocycles. The molecule has 0 aliphatic heterocycles. The molecule has 2 amide bonds. The highest BCUT2D eigenvalue weighted by Gasteiger charge is 2.29. The lowest BCUT2D eigenvalue weighted by Gasteiger charge is -2.20. The Kier molecular flexibility index (Phi) is 7.83. The van der Waals surface area contributed by atoms with Crippen LogP contribution in [0, 0.1) is 5.92 Å². The van der Waals surface area contributed by atoms with Crippen molar-refractivity contribution in [3.05, 3.63) is 59.7 Å². The molecule has 1 unspecified atom stereocenters. The van der Waals surface area contributed by atoms with E-state index in [2.05, 4.69) is 29.6 Å². The SMILES string of the molecule is CCC(CNC(=O)OCC1c2ccccc2-c2ccccc21)CC(=O)N(C)OCC(=O)O. The molecule has 2 N–H and O–H groups in total. The van der Waals surface area contributed by atoms with Crippen molar-refractivity contribution < 1.29 is 29.1 Å². The third-order valence-corrected chi connectivity index (χ3v) is 5.65. The summed E-state index contributed by atoms with van der Waals surface area (Å²) in [7, 11) is 1.37. The second-order valence-corrected chi connectivity index (χ2v) is 7.74. The Bertz CT molecular complexity index is 931. The normalized spacial score (nSPS) is 13.1. The number of benzene rings is 2. The number of hydrogen-bond acceptors (Lipinski definition) is 5. The Labute approximate surface area is 187 Å². The first-order chi connectivity index (χ1) is 15.4. The molecule has 0 aromatic heterocycles. The molecule has 0 bridgehead atoms. The van der Waals surface area contributed by atoms with Crippen molar-refractivity contribution in [2.45, 2.75) is 25.7 Å². The minimum Gasteiger partial charge on any atom is -0.479 e. The predicted molar refractivity (Wildman–Crippen MR) is 118 cm³/mol. The van der Waals surface area contributed by atoms with Gasteiger partial charge in [-0.15, -0.1) is 0 Å². The summed E-state index contributed by atoms with van der Waals surface area (Å²) >= 11 is 0. The van der Waals surface area contributed by atoms with E-state index in [1.54, 1.807) is 0 Å². The highest BCUT2D eigenvalue weighted by atomic mass is 16.7. The molecule has 0 fully saturated rings. The number of carboxylic acid groups (broad SMARTS) is 1. The lowest BCUT2D eigenvalue weighted by atomic mass is 9.98. The molecule has 2 aromatic carbocycles. The van der Waals surface area contributed by atoms with Crippen LogP contribution in [0.3, 0.4) is 0 Å². The van der Waals surface area contributed by atoms with Crippen LogP contribution >= 0.6 is 0 Å². The van der Waals surface area contributed by atoms with Crippen LogP contribution in [0.2, 0.25) is 0 Å². The van der Waals surface area contributed by atoms with Gasteiger partial charge in [-0.3, -0.25) is 9.63 Å². The number of nitrogens with one attached hydrogen (secondary N) is 1. The lowest BCUT2D eigenvalue weighted by Crippen LogP contribution is -2.35. The fourth-order valence-corrected chi connectivity index (χ4v) is 3.84. The number of ether oxygens (including phenoxy) is 1. The van der Waals surface area contributed by atoms with Gasteiger partial charge in [0.05, 0.1) is 0 Å². The van der Waals surface area contributed by atoms with Crippen LogP contribution in [0.15, 0.2) is 48.5 Å². The smallest absolute Gasteiger partial charge is 0.407 e.